The third-order valence-corrected chi connectivity index (χ3v) is 21.8. The van der Waals surface area contributed by atoms with Gasteiger partial charge in [0.1, 0.15) is 0 Å². The zero-order valence-corrected chi connectivity index (χ0v) is 49.1. The molecule has 0 spiro atoms. The van der Waals surface area contributed by atoms with Gasteiger partial charge in [-0.25, -0.2) is 0 Å². The summed E-state index contributed by atoms with van der Waals surface area (Å²) in [5.74, 6) is 0. The lowest BCUT2D eigenvalue weighted by atomic mass is 9.33. The van der Waals surface area contributed by atoms with Crippen molar-refractivity contribution in [2.45, 2.75) is 179 Å². The Morgan fingerprint density at radius 3 is 1.75 bits per heavy atom. The van der Waals surface area contributed by atoms with Crippen LogP contribution in [0.15, 0.2) is 140 Å². The van der Waals surface area contributed by atoms with Gasteiger partial charge in [0.05, 0.1) is 16.8 Å². The highest BCUT2D eigenvalue weighted by Gasteiger charge is 2.64. The third kappa shape index (κ3) is 6.75. The Kier molecular flexibility index (Phi) is 10.8. The number of anilines is 7. The first-order chi connectivity index (χ1) is 36.0. The maximum absolute atomic E-state index is 4.85. The van der Waals surface area contributed by atoms with E-state index in [1.54, 1.807) is 5.56 Å². The molecule has 5 heteroatoms. The Morgan fingerprint density at radius 1 is 0.500 bits per heavy atom. The fourth-order valence-electron chi connectivity index (χ4n) is 16.1. The first-order valence-corrected chi connectivity index (χ1v) is 31.2. The Bertz CT molecular complexity index is 3560. The first-order valence-electron chi connectivity index (χ1n) is 29.0. The van der Waals surface area contributed by atoms with E-state index < -0.39 is 8.41 Å². The maximum atomic E-state index is 4.85. The van der Waals surface area contributed by atoms with E-state index in [1.807, 2.05) is 0 Å². The van der Waals surface area contributed by atoms with E-state index in [9.17, 15) is 0 Å². The van der Waals surface area contributed by atoms with Crippen molar-refractivity contribution < 1.29 is 0 Å². The standard InChI is InChI=1S/C71H80BN3Si/c1-65(2,3)48-30-33-58(53(39-48)46-25-17-15-18-26-46)73-60-41-50(67(7,8)9)29-32-56(60)72-57-45-52(76(13)14)44-55-64(57)75(69(11)36-22-21-35-68(55,69)10)62-43-51(42-61(73)63(62)72)74-59-34-31-49(66(4,5)6)40-54(59)71(47-27-19-16-20-28-47)38-24-23-37-70(71,74)12/h15-20,25-34,39-45H,13,21-24,35-38H2,1-12,14H3. The van der Waals surface area contributed by atoms with Crippen LogP contribution in [-0.2, 0) is 27.1 Å². The molecule has 4 heterocycles. The highest BCUT2D eigenvalue weighted by molar-refractivity contribution is 7.00. The fraction of sp³-hybridized carbons (Fsp3) is 0.394. The predicted octanol–water partition coefficient (Wildman–Crippen LogP) is 15.7. The van der Waals surface area contributed by atoms with Crippen molar-refractivity contribution in [3.05, 3.63) is 173 Å². The lowest BCUT2D eigenvalue weighted by Crippen LogP contribution is -2.65. The van der Waals surface area contributed by atoms with E-state index in [0.29, 0.717) is 0 Å². The summed E-state index contributed by atoms with van der Waals surface area (Å²) in [5, 5.41) is 1.46. The Hall–Kier alpha value is -5.91. The lowest BCUT2D eigenvalue weighted by molar-refractivity contribution is 0.195. The van der Waals surface area contributed by atoms with Crippen molar-refractivity contribution in [3.8, 4) is 11.1 Å². The molecular weight excluding hydrogens is 934 g/mol. The number of benzene rings is 7. The summed E-state index contributed by atoms with van der Waals surface area (Å²) in [4.78, 5) is 8.63. The minimum Gasteiger partial charge on any atom is -0.335 e. The molecule has 7 aromatic carbocycles. The summed E-state index contributed by atoms with van der Waals surface area (Å²) in [5.41, 5.74) is 24.2. The molecule has 0 N–H and O–H groups in total. The van der Waals surface area contributed by atoms with Crippen molar-refractivity contribution in [1.82, 2.24) is 0 Å². The second-order valence-corrected chi connectivity index (χ2v) is 30.1. The number of hydrogen-bond donors (Lipinski definition) is 0. The van der Waals surface area contributed by atoms with Crippen LogP contribution in [0, 0.1) is 0 Å². The molecule has 0 saturated heterocycles. The van der Waals surface area contributed by atoms with Gasteiger partial charge in [-0.1, -0.05) is 205 Å². The molecule has 0 bridgehead atoms. The van der Waals surface area contributed by atoms with Crippen molar-refractivity contribution in [1.29, 1.82) is 0 Å². The molecular formula is C71H80BN3Si. The molecule has 6 aliphatic rings. The van der Waals surface area contributed by atoms with E-state index in [0.717, 1.165) is 19.3 Å². The topological polar surface area (TPSA) is 9.72 Å². The minimum atomic E-state index is -1.04. The molecule has 386 valence electrons. The number of rotatable bonds is 5. The second-order valence-electron chi connectivity index (χ2n) is 28.0. The molecule has 7 aromatic rings. The molecule has 0 aromatic heterocycles. The molecule has 0 radical (unpaired) electrons. The molecule has 4 aliphatic heterocycles. The van der Waals surface area contributed by atoms with Gasteiger partial charge in [-0.05, 0) is 153 Å². The summed E-state index contributed by atoms with van der Waals surface area (Å²) in [6.45, 7) is 31.8. The van der Waals surface area contributed by atoms with Gasteiger partial charge in [0, 0.05) is 58.9 Å². The smallest absolute Gasteiger partial charge is 0.252 e. The molecule has 0 amide bonds. The predicted molar refractivity (Wildman–Crippen MR) is 331 cm³/mol. The van der Waals surface area contributed by atoms with Crippen molar-refractivity contribution in [3.63, 3.8) is 0 Å². The van der Waals surface area contributed by atoms with E-state index in [-0.39, 0.29) is 44.9 Å². The lowest BCUT2D eigenvalue weighted by Gasteiger charge is -2.54. The van der Waals surface area contributed by atoms with Gasteiger partial charge in [0.15, 0.2) is 0 Å². The van der Waals surface area contributed by atoms with Crippen LogP contribution in [0.4, 0.5) is 39.8 Å². The van der Waals surface area contributed by atoms with Crippen molar-refractivity contribution in [2.75, 3.05) is 14.7 Å². The molecule has 4 unspecified atom stereocenters. The first kappa shape index (κ1) is 49.7. The quantitative estimate of drug-likeness (QED) is 0.159. The largest absolute Gasteiger partial charge is 0.335 e. The van der Waals surface area contributed by atoms with Crippen LogP contribution >= 0.6 is 0 Å². The van der Waals surface area contributed by atoms with Gasteiger partial charge in [-0.3, -0.25) is 0 Å². The normalized spacial score (nSPS) is 24.1. The molecule has 3 nitrogen and oxygen atoms in total. The van der Waals surface area contributed by atoms with Gasteiger partial charge in [-0.15, -0.1) is 6.17 Å². The van der Waals surface area contributed by atoms with Crippen molar-refractivity contribution >= 4 is 82.7 Å². The number of fused-ring (bicyclic) bond motifs is 10. The van der Waals surface area contributed by atoms with Gasteiger partial charge in [0.2, 0.25) is 0 Å². The summed E-state index contributed by atoms with van der Waals surface area (Å²) in [7, 11) is -1.04. The third-order valence-electron chi connectivity index (χ3n) is 20.5. The SMILES string of the molecule is C=[Si](C)c1cc2c3c(c1)C1(C)CCCCC1(C)N3c1cc(N3c4ccc(C(C)(C)C)cc4C4(c5ccccc5)CCCCC34C)cc3c1B2c1ccc(C(C)(C)C)cc1N3c1ccc(C(C)(C)C)cc1-c1ccccc1. The van der Waals surface area contributed by atoms with E-state index in [2.05, 4.69) is 244 Å². The van der Waals surface area contributed by atoms with E-state index in [1.165, 1.54) is 132 Å². The Labute approximate surface area is 458 Å². The van der Waals surface area contributed by atoms with Crippen LogP contribution in [0.5, 0.6) is 0 Å². The maximum Gasteiger partial charge on any atom is 0.252 e. The second kappa shape index (κ2) is 16.6. The van der Waals surface area contributed by atoms with Crippen LogP contribution in [0.3, 0.4) is 0 Å². The summed E-state index contributed by atoms with van der Waals surface area (Å²) < 4.78 is 0. The van der Waals surface area contributed by atoms with E-state index >= 15 is 0 Å². The molecule has 2 saturated carbocycles. The van der Waals surface area contributed by atoms with Crippen LogP contribution in [0.25, 0.3) is 11.1 Å². The molecule has 76 heavy (non-hydrogen) atoms. The molecule has 4 atom stereocenters. The zero-order valence-electron chi connectivity index (χ0n) is 48.1. The minimum absolute atomic E-state index is 0.00542. The van der Waals surface area contributed by atoms with Crippen LogP contribution < -0.4 is 36.3 Å². The number of hydrogen-bond acceptors (Lipinski definition) is 3. The number of nitrogens with zero attached hydrogens (tertiary/aromatic N) is 3. The van der Waals surface area contributed by atoms with Crippen LogP contribution in [0.1, 0.15) is 168 Å². The summed E-state index contributed by atoms with van der Waals surface area (Å²) >= 11 is 0. The summed E-state index contributed by atoms with van der Waals surface area (Å²) in [6.07, 6.45) is 14.3. The average molecular weight is 1010 g/mol. The Balaban J connectivity index is 1.20. The molecule has 2 aliphatic carbocycles. The van der Waals surface area contributed by atoms with Crippen LogP contribution in [0.2, 0.25) is 6.55 Å². The van der Waals surface area contributed by atoms with Crippen LogP contribution in [-0.4, -0.2) is 32.4 Å². The monoisotopic (exact) mass is 1010 g/mol. The zero-order chi connectivity index (χ0) is 53.3. The van der Waals surface area contributed by atoms with Crippen molar-refractivity contribution in [2.24, 2.45) is 0 Å². The van der Waals surface area contributed by atoms with Gasteiger partial charge in [-0.2, -0.15) is 0 Å². The Morgan fingerprint density at radius 2 is 1.08 bits per heavy atom. The fourth-order valence-corrected chi connectivity index (χ4v) is 16.9. The van der Waals surface area contributed by atoms with Gasteiger partial charge in [0.25, 0.3) is 6.71 Å². The molecule has 13 rings (SSSR count). The highest BCUT2D eigenvalue weighted by Crippen LogP contribution is 2.66. The van der Waals surface area contributed by atoms with E-state index in [4.69, 9.17) is 6.17 Å². The average Bonchev–Trinajstić information content (AvgIpc) is 3.79. The summed E-state index contributed by atoms with van der Waals surface area (Å²) in [6, 6.07) is 56.4. The van der Waals surface area contributed by atoms with Gasteiger partial charge < -0.3 is 14.7 Å². The highest BCUT2D eigenvalue weighted by atomic mass is 28.2. The van der Waals surface area contributed by atoms with Gasteiger partial charge >= 0.3 is 0 Å². The molecule has 2 fully saturated rings.